The first kappa shape index (κ1) is 18.7. The van der Waals surface area contributed by atoms with Crippen molar-refractivity contribution in [1.82, 2.24) is 14.9 Å². The molecule has 0 radical (unpaired) electrons. The van der Waals surface area contributed by atoms with Crippen LogP contribution in [-0.2, 0) is 4.79 Å². The highest BCUT2D eigenvalue weighted by atomic mass is 16.2. The number of aromatic nitrogens is 2. The number of carbonyl (C=O) groups excluding carboxylic acids is 1. The molecule has 1 amide bonds. The van der Waals surface area contributed by atoms with Crippen LogP contribution in [0.3, 0.4) is 0 Å². The Hall–Kier alpha value is -2.63. The molecule has 2 aliphatic rings. The lowest BCUT2D eigenvalue weighted by Gasteiger charge is -2.40. The molecule has 2 fully saturated rings. The van der Waals surface area contributed by atoms with E-state index in [9.17, 15) is 4.79 Å². The highest BCUT2D eigenvalue weighted by Crippen LogP contribution is 2.26. The molecule has 2 aliphatic heterocycles. The zero-order valence-corrected chi connectivity index (χ0v) is 16.8. The molecule has 148 valence electrons. The monoisotopic (exact) mass is 379 g/mol. The third-order valence-electron chi connectivity index (χ3n) is 6.11. The molecule has 28 heavy (non-hydrogen) atoms. The Morgan fingerprint density at radius 2 is 1.71 bits per heavy atom. The van der Waals surface area contributed by atoms with Crippen molar-refractivity contribution in [2.45, 2.75) is 26.7 Å². The fraction of sp³-hybridized carbons (Fsp3) is 0.500. The van der Waals surface area contributed by atoms with Gasteiger partial charge in [-0.05, 0) is 49.9 Å². The van der Waals surface area contributed by atoms with Gasteiger partial charge in [-0.25, -0.2) is 9.97 Å². The van der Waals surface area contributed by atoms with Crippen LogP contribution in [0.25, 0.3) is 0 Å². The first-order valence-electron chi connectivity index (χ1n) is 10.3. The Morgan fingerprint density at radius 1 is 0.964 bits per heavy atom. The summed E-state index contributed by atoms with van der Waals surface area (Å²) in [6, 6.07) is 8.30. The van der Waals surface area contributed by atoms with Crippen LogP contribution >= 0.6 is 0 Å². The molecule has 0 saturated carbocycles. The number of hydrogen-bond acceptors (Lipinski definition) is 5. The van der Waals surface area contributed by atoms with Gasteiger partial charge in [0.05, 0.1) is 5.92 Å². The molecule has 3 heterocycles. The average molecular weight is 380 g/mol. The van der Waals surface area contributed by atoms with Crippen LogP contribution in [0.2, 0.25) is 0 Å². The summed E-state index contributed by atoms with van der Waals surface area (Å²) in [7, 11) is 0. The van der Waals surface area contributed by atoms with Crippen molar-refractivity contribution in [2.24, 2.45) is 5.92 Å². The van der Waals surface area contributed by atoms with Gasteiger partial charge in [-0.1, -0.05) is 12.1 Å². The number of amides is 1. The Labute approximate surface area is 167 Å². The molecule has 1 atom stereocenters. The first-order chi connectivity index (χ1) is 13.6. The highest BCUT2D eigenvalue weighted by molar-refractivity contribution is 5.80. The molecule has 1 unspecified atom stereocenters. The maximum absolute atomic E-state index is 13.1. The summed E-state index contributed by atoms with van der Waals surface area (Å²) < 4.78 is 0. The second kappa shape index (κ2) is 8.17. The standard InChI is InChI=1S/C22H29N5O/c1-17-6-3-8-20(18(17)2)25-12-14-26(15-13-25)21(28)19-7-4-11-27(16-19)22-23-9-5-10-24-22/h3,5-6,8-10,19H,4,7,11-16H2,1-2H3. The number of benzene rings is 1. The molecular weight excluding hydrogens is 350 g/mol. The SMILES string of the molecule is Cc1cccc(N2CCN(C(=O)C3CCCN(c4ncccn4)C3)CC2)c1C. The van der Waals surface area contributed by atoms with Crippen LogP contribution < -0.4 is 9.80 Å². The van der Waals surface area contributed by atoms with E-state index >= 15 is 0 Å². The Morgan fingerprint density at radius 3 is 2.46 bits per heavy atom. The lowest BCUT2D eigenvalue weighted by Crippen LogP contribution is -2.53. The van der Waals surface area contributed by atoms with E-state index in [2.05, 4.69) is 56.7 Å². The molecule has 0 bridgehead atoms. The number of hydrogen-bond donors (Lipinski definition) is 0. The summed E-state index contributed by atoms with van der Waals surface area (Å²) in [5, 5.41) is 0. The van der Waals surface area contributed by atoms with Gasteiger partial charge in [0.15, 0.2) is 0 Å². The number of nitrogens with zero attached hydrogens (tertiary/aromatic N) is 5. The smallest absolute Gasteiger partial charge is 0.227 e. The Kier molecular flexibility index (Phi) is 5.46. The van der Waals surface area contributed by atoms with E-state index in [0.717, 1.165) is 58.1 Å². The van der Waals surface area contributed by atoms with Crippen molar-refractivity contribution in [1.29, 1.82) is 0 Å². The quantitative estimate of drug-likeness (QED) is 0.821. The molecule has 1 aromatic carbocycles. The van der Waals surface area contributed by atoms with E-state index in [1.807, 2.05) is 6.07 Å². The van der Waals surface area contributed by atoms with Gasteiger partial charge >= 0.3 is 0 Å². The zero-order chi connectivity index (χ0) is 19.5. The second-order valence-electron chi connectivity index (χ2n) is 7.87. The van der Waals surface area contributed by atoms with E-state index in [-0.39, 0.29) is 5.92 Å². The van der Waals surface area contributed by atoms with Crippen LogP contribution in [-0.4, -0.2) is 60.0 Å². The van der Waals surface area contributed by atoms with Crippen molar-refractivity contribution in [3.05, 3.63) is 47.8 Å². The minimum atomic E-state index is 0.0461. The van der Waals surface area contributed by atoms with E-state index < -0.39 is 0 Å². The van der Waals surface area contributed by atoms with Crippen LogP contribution in [0.15, 0.2) is 36.7 Å². The van der Waals surface area contributed by atoms with Gasteiger partial charge in [0.1, 0.15) is 0 Å². The molecular formula is C22H29N5O. The third kappa shape index (κ3) is 3.81. The van der Waals surface area contributed by atoms with Crippen molar-refractivity contribution in [2.75, 3.05) is 49.1 Å². The predicted molar refractivity (Wildman–Crippen MR) is 112 cm³/mol. The molecule has 2 saturated heterocycles. The van der Waals surface area contributed by atoms with E-state index in [1.165, 1.54) is 16.8 Å². The topological polar surface area (TPSA) is 52.6 Å². The van der Waals surface area contributed by atoms with Gasteiger partial charge in [0, 0.05) is 57.3 Å². The molecule has 0 spiro atoms. The number of piperidine rings is 1. The minimum Gasteiger partial charge on any atom is -0.368 e. The average Bonchev–Trinajstić information content (AvgIpc) is 2.76. The number of anilines is 2. The van der Waals surface area contributed by atoms with Crippen LogP contribution in [0.5, 0.6) is 0 Å². The van der Waals surface area contributed by atoms with Crippen LogP contribution in [0, 0.1) is 19.8 Å². The molecule has 6 heteroatoms. The maximum atomic E-state index is 13.1. The number of piperazine rings is 1. The lowest BCUT2D eigenvalue weighted by atomic mass is 9.96. The zero-order valence-electron chi connectivity index (χ0n) is 16.8. The van der Waals surface area contributed by atoms with Gasteiger partial charge in [-0.15, -0.1) is 0 Å². The normalized spacial score (nSPS) is 20.4. The first-order valence-corrected chi connectivity index (χ1v) is 10.3. The maximum Gasteiger partial charge on any atom is 0.227 e. The van der Waals surface area contributed by atoms with Crippen LogP contribution in [0.1, 0.15) is 24.0 Å². The molecule has 0 N–H and O–H groups in total. The van der Waals surface area contributed by atoms with Crippen molar-refractivity contribution in [3.8, 4) is 0 Å². The van der Waals surface area contributed by atoms with Crippen molar-refractivity contribution >= 4 is 17.5 Å². The molecule has 6 nitrogen and oxygen atoms in total. The Bertz CT molecular complexity index is 817. The van der Waals surface area contributed by atoms with Gasteiger partial charge in [0.25, 0.3) is 0 Å². The molecule has 4 rings (SSSR count). The number of carbonyl (C=O) groups is 1. The predicted octanol–water partition coefficient (Wildman–Crippen LogP) is 2.66. The summed E-state index contributed by atoms with van der Waals surface area (Å²) in [5.74, 6) is 1.07. The van der Waals surface area contributed by atoms with Gasteiger partial charge < -0.3 is 14.7 Å². The van der Waals surface area contributed by atoms with E-state index in [4.69, 9.17) is 0 Å². The largest absolute Gasteiger partial charge is 0.368 e. The fourth-order valence-corrected chi connectivity index (χ4v) is 4.32. The summed E-state index contributed by atoms with van der Waals surface area (Å²) in [6.07, 6.45) is 5.50. The highest BCUT2D eigenvalue weighted by Gasteiger charge is 2.32. The minimum absolute atomic E-state index is 0.0461. The van der Waals surface area contributed by atoms with Crippen molar-refractivity contribution < 1.29 is 4.79 Å². The second-order valence-corrected chi connectivity index (χ2v) is 7.87. The third-order valence-corrected chi connectivity index (χ3v) is 6.11. The summed E-state index contributed by atoms with van der Waals surface area (Å²) in [4.78, 5) is 28.5. The summed E-state index contributed by atoms with van der Waals surface area (Å²) >= 11 is 0. The van der Waals surface area contributed by atoms with Gasteiger partial charge in [0.2, 0.25) is 11.9 Å². The molecule has 2 aromatic rings. The molecule has 1 aromatic heterocycles. The van der Waals surface area contributed by atoms with E-state index in [0.29, 0.717) is 5.91 Å². The summed E-state index contributed by atoms with van der Waals surface area (Å²) in [5.41, 5.74) is 3.96. The van der Waals surface area contributed by atoms with E-state index in [1.54, 1.807) is 12.4 Å². The van der Waals surface area contributed by atoms with Gasteiger partial charge in [-0.2, -0.15) is 0 Å². The van der Waals surface area contributed by atoms with Gasteiger partial charge in [-0.3, -0.25) is 4.79 Å². The summed E-state index contributed by atoms with van der Waals surface area (Å²) in [6.45, 7) is 9.38. The number of rotatable bonds is 3. The lowest BCUT2D eigenvalue weighted by molar-refractivity contribution is -0.136. The molecule has 0 aliphatic carbocycles. The van der Waals surface area contributed by atoms with Crippen molar-refractivity contribution in [3.63, 3.8) is 0 Å². The van der Waals surface area contributed by atoms with Crippen LogP contribution in [0.4, 0.5) is 11.6 Å². The Balaban J connectivity index is 1.37. The fourth-order valence-electron chi connectivity index (χ4n) is 4.32. The number of aryl methyl sites for hydroxylation is 1.